The predicted octanol–water partition coefficient (Wildman–Crippen LogP) is 2.63. The minimum absolute atomic E-state index is 0.00620. The summed E-state index contributed by atoms with van der Waals surface area (Å²) in [6.07, 6.45) is 4.80. The van der Waals surface area contributed by atoms with Gasteiger partial charge in [-0.25, -0.2) is 9.97 Å². The molecule has 0 aromatic carbocycles. The number of hydrogen-bond acceptors (Lipinski definition) is 4. The number of aromatic nitrogens is 2. The highest BCUT2D eigenvalue weighted by atomic mass is 16.5. The highest BCUT2D eigenvalue weighted by molar-refractivity contribution is 5.89. The second-order valence-corrected chi connectivity index (χ2v) is 5.38. The van der Waals surface area contributed by atoms with Crippen LogP contribution in [0.1, 0.15) is 51.0 Å². The monoisotopic (exact) mass is 277 g/mol. The largest absolute Gasteiger partial charge is 0.375 e. The first-order valence-corrected chi connectivity index (χ1v) is 7.36. The lowest BCUT2D eigenvalue weighted by molar-refractivity contribution is -0.116. The molecule has 0 spiro atoms. The Morgan fingerprint density at radius 3 is 2.90 bits per heavy atom. The zero-order chi connectivity index (χ0) is 14.5. The number of carbonyl (C=O) groups excluding carboxylic acids is 1. The first-order chi connectivity index (χ1) is 9.56. The van der Waals surface area contributed by atoms with Crippen LogP contribution >= 0.6 is 0 Å². The van der Waals surface area contributed by atoms with Crippen LogP contribution in [-0.2, 0) is 16.0 Å². The Labute approximate surface area is 120 Å². The van der Waals surface area contributed by atoms with Crippen LogP contribution in [0.4, 0.5) is 5.82 Å². The number of hydrogen-bond donors (Lipinski definition) is 1. The molecular formula is C15H23N3O2. The maximum absolute atomic E-state index is 11.9. The number of amides is 1. The smallest absolute Gasteiger partial charge is 0.225 e. The van der Waals surface area contributed by atoms with Crippen molar-refractivity contribution in [1.29, 1.82) is 0 Å². The number of nitrogens with zero attached hydrogens (tertiary/aromatic N) is 2. The van der Waals surface area contributed by atoms with Crippen molar-refractivity contribution in [2.24, 2.45) is 0 Å². The second-order valence-electron chi connectivity index (χ2n) is 5.38. The Bertz CT molecular complexity index is 476. The molecule has 1 aliphatic heterocycles. The van der Waals surface area contributed by atoms with E-state index in [1.807, 2.05) is 19.9 Å². The lowest BCUT2D eigenvalue weighted by Gasteiger charge is -2.11. The number of nitrogens with one attached hydrogen (secondary N) is 1. The maximum atomic E-state index is 11.9. The molecule has 1 saturated heterocycles. The molecule has 0 bridgehead atoms. The highest BCUT2D eigenvalue weighted by Gasteiger charge is 2.22. The fraction of sp³-hybridized carbons (Fsp3) is 0.667. The standard InChI is InChI=1S/C15H23N3O2/c1-4-12-9-14(17-11(3)16-12)18-15(19)8-7-13-6-5-10(2)20-13/h9-10,13H,4-8H2,1-3H3,(H,16,17,18,19)/t10-,13-/m0/s1. The summed E-state index contributed by atoms with van der Waals surface area (Å²) in [7, 11) is 0. The summed E-state index contributed by atoms with van der Waals surface area (Å²) < 4.78 is 5.71. The van der Waals surface area contributed by atoms with E-state index in [2.05, 4.69) is 22.2 Å². The van der Waals surface area contributed by atoms with Gasteiger partial charge in [0.15, 0.2) is 0 Å². The quantitative estimate of drug-likeness (QED) is 0.898. The molecule has 1 aliphatic rings. The lowest BCUT2D eigenvalue weighted by atomic mass is 10.1. The Kier molecular flexibility index (Phi) is 5.06. The van der Waals surface area contributed by atoms with E-state index in [0.29, 0.717) is 24.2 Å². The molecule has 20 heavy (non-hydrogen) atoms. The zero-order valence-corrected chi connectivity index (χ0v) is 12.5. The van der Waals surface area contributed by atoms with E-state index in [9.17, 15) is 4.79 Å². The Balaban J connectivity index is 1.83. The van der Waals surface area contributed by atoms with Crippen molar-refractivity contribution in [2.45, 2.75) is 65.1 Å². The van der Waals surface area contributed by atoms with Crippen molar-refractivity contribution in [3.63, 3.8) is 0 Å². The van der Waals surface area contributed by atoms with Gasteiger partial charge in [-0.15, -0.1) is 0 Å². The van der Waals surface area contributed by atoms with Crippen molar-refractivity contribution in [2.75, 3.05) is 5.32 Å². The van der Waals surface area contributed by atoms with Crippen LogP contribution in [0.15, 0.2) is 6.07 Å². The molecule has 1 amide bonds. The van der Waals surface area contributed by atoms with Gasteiger partial charge in [0.05, 0.1) is 12.2 Å². The number of anilines is 1. The van der Waals surface area contributed by atoms with E-state index < -0.39 is 0 Å². The van der Waals surface area contributed by atoms with Crippen LogP contribution in [0.2, 0.25) is 0 Å². The Morgan fingerprint density at radius 2 is 2.25 bits per heavy atom. The first kappa shape index (κ1) is 14.9. The summed E-state index contributed by atoms with van der Waals surface area (Å²) in [6, 6.07) is 1.83. The number of aryl methyl sites for hydroxylation is 2. The van der Waals surface area contributed by atoms with Crippen LogP contribution in [0, 0.1) is 6.92 Å². The van der Waals surface area contributed by atoms with Gasteiger partial charge in [-0.2, -0.15) is 0 Å². The van der Waals surface area contributed by atoms with Crippen LogP contribution in [-0.4, -0.2) is 28.1 Å². The summed E-state index contributed by atoms with van der Waals surface area (Å²) in [4.78, 5) is 20.5. The van der Waals surface area contributed by atoms with Gasteiger partial charge in [0.2, 0.25) is 5.91 Å². The van der Waals surface area contributed by atoms with Crippen LogP contribution in [0.5, 0.6) is 0 Å². The fourth-order valence-electron chi connectivity index (χ4n) is 2.47. The molecule has 2 atom stereocenters. The molecular weight excluding hydrogens is 254 g/mol. The van der Waals surface area contributed by atoms with Gasteiger partial charge in [-0.3, -0.25) is 4.79 Å². The molecule has 2 rings (SSSR count). The molecule has 1 N–H and O–H groups in total. The molecule has 5 nitrogen and oxygen atoms in total. The molecule has 0 radical (unpaired) electrons. The molecule has 5 heteroatoms. The fourth-order valence-corrected chi connectivity index (χ4v) is 2.47. The molecule has 1 aromatic rings. The topological polar surface area (TPSA) is 64.1 Å². The van der Waals surface area contributed by atoms with E-state index in [4.69, 9.17) is 4.74 Å². The normalized spacial score (nSPS) is 21.9. The molecule has 110 valence electrons. The van der Waals surface area contributed by atoms with Crippen molar-refractivity contribution in [3.8, 4) is 0 Å². The van der Waals surface area contributed by atoms with E-state index in [1.54, 1.807) is 0 Å². The van der Waals surface area contributed by atoms with Crippen molar-refractivity contribution in [3.05, 3.63) is 17.6 Å². The molecule has 0 aliphatic carbocycles. The summed E-state index contributed by atoms with van der Waals surface area (Å²) in [5.74, 6) is 1.28. The third-order valence-corrected chi connectivity index (χ3v) is 3.53. The predicted molar refractivity (Wildman–Crippen MR) is 77.6 cm³/mol. The second kappa shape index (κ2) is 6.79. The van der Waals surface area contributed by atoms with Gasteiger partial charge in [0.1, 0.15) is 11.6 Å². The van der Waals surface area contributed by atoms with E-state index >= 15 is 0 Å². The molecule has 2 heterocycles. The van der Waals surface area contributed by atoms with Crippen LogP contribution in [0.3, 0.4) is 0 Å². The van der Waals surface area contributed by atoms with Gasteiger partial charge in [-0.05, 0) is 39.5 Å². The SMILES string of the molecule is CCc1cc(NC(=O)CC[C@@H]2CC[C@H](C)O2)nc(C)n1. The van der Waals surface area contributed by atoms with Gasteiger partial charge < -0.3 is 10.1 Å². The minimum atomic E-state index is -0.00620. The van der Waals surface area contributed by atoms with E-state index in [1.165, 1.54) is 0 Å². The Morgan fingerprint density at radius 1 is 1.45 bits per heavy atom. The molecule has 0 unspecified atom stereocenters. The molecule has 0 saturated carbocycles. The van der Waals surface area contributed by atoms with Gasteiger partial charge in [0, 0.05) is 18.2 Å². The molecule has 1 aromatic heterocycles. The summed E-state index contributed by atoms with van der Waals surface area (Å²) in [5.41, 5.74) is 0.945. The molecule has 1 fully saturated rings. The zero-order valence-electron chi connectivity index (χ0n) is 12.5. The Hall–Kier alpha value is -1.49. The third-order valence-electron chi connectivity index (χ3n) is 3.53. The number of ether oxygens (including phenoxy) is 1. The summed E-state index contributed by atoms with van der Waals surface area (Å²) >= 11 is 0. The van der Waals surface area contributed by atoms with Crippen molar-refractivity contribution >= 4 is 11.7 Å². The number of rotatable bonds is 5. The number of carbonyl (C=O) groups is 1. The highest BCUT2D eigenvalue weighted by Crippen LogP contribution is 2.22. The van der Waals surface area contributed by atoms with E-state index in [-0.39, 0.29) is 12.0 Å². The summed E-state index contributed by atoms with van der Waals surface area (Å²) in [6.45, 7) is 5.95. The van der Waals surface area contributed by atoms with Crippen LogP contribution in [0.25, 0.3) is 0 Å². The van der Waals surface area contributed by atoms with Crippen LogP contribution < -0.4 is 5.32 Å². The maximum Gasteiger partial charge on any atom is 0.225 e. The minimum Gasteiger partial charge on any atom is -0.375 e. The third kappa shape index (κ3) is 4.27. The lowest BCUT2D eigenvalue weighted by Crippen LogP contribution is -2.17. The van der Waals surface area contributed by atoms with Gasteiger partial charge in [0.25, 0.3) is 0 Å². The average Bonchev–Trinajstić information content (AvgIpc) is 2.81. The van der Waals surface area contributed by atoms with Gasteiger partial charge >= 0.3 is 0 Å². The average molecular weight is 277 g/mol. The van der Waals surface area contributed by atoms with Crippen molar-refractivity contribution < 1.29 is 9.53 Å². The first-order valence-electron chi connectivity index (χ1n) is 7.36. The van der Waals surface area contributed by atoms with Crippen molar-refractivity contribution in [1.82, 2.24) is 9.97 Å². The van der Waals surface area contributed by atoms with E-state index in [0.717, 1.165) is 31.4 Å². The van der Waals surface area contributed by atoms with Gasteiger partial charge in [-0.1, -0.05) is 6.92 Å². The summed E-state index contributed by atoms with van der Waals surface area (Å²) in [5, 5.41) is 2.85.